The van der Waals surface area contributed by atoms with E-state index < -0.39 is 10.0 Å². The van der Waals surface area contributed by atoms with E-state index in [1.165, 1.54) is 17.7 Å². The monoisotopic (exact) mass is 499 g/mol. The number of benzene rings is 3. The van der Waals surface area contributed by atoms with Gasteiger partial charge in [0.05, 0.1) is 22.4 Å². The third kappa shape index (κ3) is 3.80. The highest BCUT2D eigenvalue weighted by atomic mass is 32.2. The molecule has 3 saturated carbocycles. The molecule has 3 aliphatic carbocycles. The zero-order valence-corrected chi connectivity index (χ0v) is 20.5. The summed E-state index contributed by atoms with van der Waals surface area (Å²) in [6.07, 6.45) is 4.30. The molecular formula is C27H25N5O3S. The minimum atomic E-state index is -3.92. The normalized spacial score (nSPS) is 25.6. The van der Waals surface area contributed by atoms with Crippen LogP contribution in [0.2, 0.25) is 0 Å². The molecule has 0 aromatic heterocycles. The second-order valence-electron chi connectivity index (χ2n) is 10.0. The molecule has 1 amide bonds. The number of sulfonamides is 1. The van der Waals surface area contributed by atoms with Crippen LogP contribution in [0.3, 0.4) is 0 Å². The number of anilines is 1. The van der Waals surface area contributed by atoms with Gasteiger partial charge in [-0.1, -0.05) is 48.5 Å². The number of aryl methyl sites for hydroxylation is 1. The number of amides is 1. The van der Waals surface area contributed by atoms with E-state index in [1.807, 2.05) is 31.2 Å². The lowest BCUT2D eigenvalue weighted by molar-refractivity contribution is -0.0807. The Balaban J connectivity index is 1.18. The number of nitrogens with zero attached hydrogens (tertiary/aromatic N) is 3. The Morgan fingerprint density at radius 2 is 1.69 bits per heavy atom. The highest BCUT2D eigenvalue weighted by molar-refractivity contribution is 7.92. The van der Waals surface area contributed by atoms with Crippen molar-refractivity contribution in [2.45, 2.75) is 48.1 Å². The molecule has 9 heteroatoms. The van der Waals surface area contributed by atoms with E-state index in [2.05, 4.69) is 37.6 Å². The first-order valence-corrected chi connectivity index (χ1v) is 13.3. The van der Waals surface area contributed by atoms with Crippen molar-refractivity contribution in [1.29, 1.82) is 0 Å². The van der Waals surface area contributed by atoms with E-state index in [-0.39, 0.29) is 33.5 Å². The fourth-order valence-electron chi connectivity index (χ4n) is 5.68. The minimum Gasteiger partial charge on any atom is -0.346 e. The molecule has 0 radical (unpaired) electrons. The molecule has 1 heterocycles. The quantitative estimate of drug-likeness (QED) is 0.482. The van der Waals surface area contributed by atoms with E-state index in [1.54, 1.807) is 30.5 Å². The summed E-state index contributed by atoms with van der Waals surface area (Å²) in [6.45, 7) is 1.86. The smallest absolute Gasteiger partial charge is 0.261 e. The highest BCUT2D eigenvalue weighted by Gasteiger charge is 2.68. The fourth-order valence-corrected chi connectivity index (χ4v) is 6.75. The number of carbonyl (C=O) groups is 1. The second-order valence-corrected chi connectivity index (χ2v) is 11.7. The summed E-state index contributed by atoms with van der Waals surface area (Å²) in [7, 11) is -3.92. The first-order chi connectivity index (χ1) is 17.3. The van der Waals surface area contributed by atoms with Gasteiger partial charge in [-0.15, -0.1) is 5.10 Å². The van der Waals surface area contributed by atoms with Crippen molar-refractivity contribution in [3.63, 3.8) is 0 Å². The Labute approximate surface area is 209 Å². The molecule has 7 rings (SSSR count). The molecule has 2 N–H and O–H groups in total. The van der Waals surface area contributed by atoms with Crippen LogP contribution in [0.4, 0.5) is 5.69 Å². The predicted octanol–water partition coefficient (Wildman–Crippen LogP) is 4.89. The van der Waals surface area contributed by atoms with Crippen molar-refractivity contribution >= 4 is 27.8 Å². The Kier molecular flexibility index (Phi) is 5.08. The molecule has 1 unspecified atom stereocenters. The van der Waals surface area contributed by atoms with E-state index in [9.17, 15) is 13.2 Å². The molecular weight excluding hydrogens is 474 g/mol. The summed E-state index contributed by atoms with van der Waals surface area (Å²) in [5.41, 5.74) is 3.47. The van der Waals surface area contributed by atoms with Gasteiger partial charge in [-0.3, -0.25) is 9.52 Å². The van der Waals surface area contributed by atoms with Gasteiger partial charge in [0.15, 0.2) is 0 Å². The molecule has 0 saturated heterocycles. The zero-order chi connectivity index (χ0) is 25.0. The van der Waals surface area contributed by atoms with Crippen LogP contribution in [0, 0.1) is 6.92 Å². The molecule has 2 bridgehead atoms. The molecule has 182 valence electrons. The van der Waals surface area contributed by atoms with Gasteiger partial charge in [-0.25, -0.2) is 8.42 Å². The highest BCUT2D eigenvalue weighted by Crippen LogP contribution is 2.67. The number of hydrogen-bond donors (Lipinski definition) is 2. The van der Waals surface area contributed by atoms with E-state index >= 15 is 0 Å². The van der Waals surface area contributed by atoms with Gasteiger partial charge in [0, 0.05) is 11.0 Å². The van der Waals surface area contributed by atoms with Gasteiger partial charge in [0.25, 0.3) is 15.9 Å². The zero-order valence-electron chi connectivity index (χ0n) is 19.7. The average molecular weight is 500 g/mol. The first-order valence-electron chi connectivity index (χ1n) is 11.8. The van der Waals surface area contributed by atoms with E-state index in [0.717, 1.165) is 30.4 Å². The molecule has 3 aromatic rings. The molecule has 36 heavy (non-hydrogen) atoms. The Morgan fingerprint density at radius 3 is 2.36 bits per heavy atom. The number of rotatable bonds is 7. The first kappa shape index (κ1) is 22.6. The summed E-state index contributed by atoms with van der Waals surface area (Å²) < 4.78 is 29.0. The molecule has 3 fully saturated rings. The Hall–Kier alpha value is -3.85. The van der Waals surface area contributed by atoms with Crippen LogP contribution in [0.25, 0.3) is 0 Å². The van der Waals surface area contributed by atoms with E-state index in [4.69, 9.17) is 0 Å². The lowest BCUT2D eigenvalue weighted by Gasteiger charge is -2.71. The van der Waals surface area contributed by atoms with Crippen molar-refractivity contribution in [1.82, 2.24) is 5.32 Å². The van der Waals surface area contributed by atoms with Crippen molar-refractivity contribution in [2.24, 2.45) is 15.4 Å². The Bertz CT molecular complexity index is 1480. The number of carbonyl (C=O) groups excluding carboxylic acids is 1. The standard InChI is InChI=1S/C27H25N5O3S/c1-18-7-12-22(25(33)29-27-15-26(16-27,17-27)20-5-3-2-4-6-20)23(13-18)31-36(34,35)21-10-8-19(9-11-21)24-14-28-32-30-24/h2-14,24,31H,15-17H2,1H3,(H,29,33). The molecule has 4 aliphatic rings. The molecule has 1 atom stereocenters. The van der Waals surface area contributed by atoms with Gasteiger partial charge >= 0.3 is 0 Å². The van der Waals surface area contributed by atoms with Crippen LogP contribution < -0.4 is 10.0 Å². The van der Waals surface area contributed by atoms with Crippen molar-refractivity contribution in [3.8, 4) is 0 Å². The van der Waals surface area contributed by atoms with Gasteiger partial charge in [0.2, 0.25) is 0 Å². The maximum Gasteiger partial charge on any atom is 0.261 e. The van der Waals surface area contributed by atoms with E-state index in [0.29, 0.717) is 5.56 Å². The summed E-state index contributed by atoms with van der Waals surface area (Å²) in [6, 6.07) is 21.7. The van der Waals surface area contributed by atoms with Crippen LogP contribution in [0.15, 0.2) is 93.1 Å². The van der Waals surface area contributed by atoms with Crippen LogP contribution in [0.5, 0.6) is 0 Å². The lowest BCUT2D eigenvalue weighted by Crippen LogP contribution is -2.76. The third-order valence-electron chi connectivity index (χ3n) is 7.43. The van der Waals surface area contributed by atoms with Crippen molar-refractivity contribution in [3.05, 3.63) is 95.1 Å². The fraction of sp³-hybridized carbons (Fsp3) is 0.259. The molecule has 3 aromatic carbocycles. The maximum atomic E-state index is 13.3. The summed E-state index contributed by atoms with van der Waals surface area (Å²) in [4.78, 5) is 13.4. The second kappa shape index (κ2) is 8.09. The topological polar surface area (TPSA) is 112 Å². The molecule has 0 spiro atoms. The van der Waals surface area contributed by atoms with Gasteiger partial charge in [-0.2, -0.15) is 5.11 Å². The van der Waals surface area contributed by atoms with Crippen LogP contribution in [0.1, 0.15) is 52.4 Å². The van der Waals surface area contributed by atoms with Gasteiger partial charge in [0.1, 0.15) is 6.04 Å². The maximum absolute atomic E-state index is 13.3. The number of hydrogen-bond acceptors (Lipinski definition) is 6. The molecule has 1 aliphatic heterocycles. The summed E-state index contributed by atoms with van der Waals surface area (Å²) in [5, 5.41) is 14.5. The van der Waals surface area contributed by atoms with Crippen molar-refractivity contribution in [2.75, 3.05) is 4.72 Å². The Morgan fingerprint density at radius 1 is 0.972 bits per heavy atom. The third-order valence-corrected chi connectivity index (χ3v) is 8.81. The van der Waals surface area contributed by atoms with Gasteiger partial charge in [-0.05, 0) is 72.4 Å². The van der Waals surface area contributed by atoms with Crippen molar-refractivity contribution < 1.29 is 13.2 Å². The van der Waals surface area contributed by atoms with Crippen LogP contribution in [-0.2, 0) is 15.4 Å². The van der Waals surface area contributed by atoms with Gasteiger partial charge < -0.3 is 5.32 Å². The minimum absolute atomic E-state index is 0.0928. The predicted molar refractivity (Wildman–Crippen MR) is 137 cm³/mol. The lowest BCUT2D eigenvalue weighted by atomic mass is 9.37. The summed E-state index contributed by atoms with van der Waals surface area (Å²) >= 11 is 0. The SMILES string of the molecule is Cc1ccc(C(=O)NC23CC(c4ccccc4)(C2)C3)c(NS(=O)(=O)c2ccc(C3C=NN=N3)cc2)c1. The largest absolute Gasteiger partial charge is 0.346 e. The molecule has 8 nitrogen and oxygen atoms in total. The number of nitrogens with one attached hydrogen (secondary N) is 2. The van der Waals surface area contributed by atoms with Crippen LogP contribution >= 0.6 is 0 Å². The van der Waals surface area contributed by atoms with Crippen LogP contribution in [-0.4, -0.2) is 26.1 Å². The summed E-state index contributed by atoms with van der Waals surface area (Å²) in [5.74, 6) is -0.268. The average Bonchev–Trinajstić information content (AvgIpc) is 3.36.